The Morgan fingerprint density at radius 2 is 1.92 bits per heavy atom. The highest BCUT2D eigenvalue weighted by molar-refractivity contribution is 5.81. The van der Waals surface area contributed by atoms with Crippen molar-refractivity contribution in [3.63, 3.8) is 0 Å². The van der Waals surface area contributed by atoms with E-state index < -0.39 is 0 Å². The van der Waals surface area contributed by atoms with E-state index in [4.69, 9.17) is 4.98 Å². The molecule has 1 N–H and O–H groups in total. The van der Waals surface area contributed by atoms with E-state index in [-0.39, 0.29) is 11.8 Å². The summed E-state index contributed by atoms with van der Waals surface area (Å²) in [7, 11) is 0. The molecule has 0 bridgehead atoms. The molecular weight excluding hydrogens is 298 g/mol. The Kier molecular flexibility index (Phi) is 5.89. The first-order valence-electron chi connectivity index (χ1n) is 9.51. The molecule has 1 saturated carbocycles. The minimum Gasteiger partial charge on any atom is -0.349 e. The Hall–Kier alpha value is -1.84. The second kappa shape index (κ2) is 8.32. The number of carbonyl (C=O) groups excluding carboxylic acids is 1. The Morgan fingerprint density at radius 1 is 1.17 bits per heavy atom. The van der Waals surface area contributed by atoms with Gasteiger partial charge in [-0.05, 0) is 31.4 Å². The predicted molar refractivity (Wildman–Crippen MR) is 97.7 cm³/mol. The van der Waals surface area contributed by atoms with Crippen LogP contribution in [0, 0.1) is 5.92 Å². The van der Waals surface area contributed by atoms with Gasteiger partial charge in [-0.15, -0.1) is 0 Å². The second-order valence-electron chi connectivity index (χ2n) is 6.93. The van der Waals surface area contributed by atoms with Crippen LogP contribution in [0.2, 0.25) is 0 Å². The van der Waals surface area contributed by atoms with E-state index in [1.54, 1.807) is 0 Å². The lowest BCUT2D eigenvalue weighted by Crippen LogP contribution is -2.26. The normalized spacial score (nSPS) is 14.2. The van der Waals surface area contributed by atoms with Gasteiger partial charge in [-0.25, -0.2) is 4.98 Å². The summed E-state index contributed by atoms with van der Waals surface area (Å²) in [5.41, 5.74) is 2.21. The van der Waals surface area contributed by atoms with Crippen molar-refractivity contribution in [2.45, 2.75) is 71.4 Å². The van der Waals surface area contributed by atoms with Crippen LogP contribution in [0.25, 0.3) is 11.0 Å². The molecule has 0 aliphatic heterocycles. The molecule has 1 aliphatic carbocycles. The van der Waals surface area contributed by atoms with Gasteiger partial charge in [-0.2, -0.15) is 0 Å². The fraction of sp³-hybridized carbons (Fsp3) is 0.600. The molecule has 1 aromatic carbocycles. The summed E-state index contributed by atoms with van der Waals surface area (Å²) in [5, 5.41) is 3.06. The van der Waals surface area contributed by atoms with Gasteiger partial charge in [0.15, 0.2) is 0 Å². The number of nitrogens with one attached hydrogen (secondary N) is 1. The van der Waals surface area contributed by atoms with Gasteiger partial charge < -0.3 is 9.88 Å². The number of unbranched alkanes of at least 4 members (excludes halogenated alkanes) is 5. The lowest BCUT2D eigenvalue weighted by molar-refractivity contribution is -0.122. The third-order valence-electron chi connectivity index (χ3n) is 4.84. The summed E-state index contributed by atoms with van der Waals surface area (Å²) in [6.07, 6.45) is 9.80. The smallest absolute Gasteiger partial charge is 0.223 e. The van der Waals surface area contributed by atoms with Crippen molar-refractivity contribution < 1.29 is 4.79 Å². The number of hydrogen-bond donors (Lipinski definition) is 1. The van der Waals surface area contributed by atoms with Gasteiger partial charge >= 0.3 is 0 Å². The van der Waals surface area contributed by atoms with Crippen LogP contribution in [0.5, 0.6) is 0 Å². The molecule has 4 nitrogen and oxygen atoms in total. The Labute approximate surface area is 144 Å². The number of rotatable bonds is 10. The highest BCUT2D eigenvalue weighted by Gasteiger charge is 2.29. The number of hydrogen-bond acceptors (Lipinski definition) is 2. The molecule has 1 aliphatic rings. The Morgan fingerprint density at radius 3 is 2.71 bits per heavy atom. The highest BCUT2D eigenvalue weighted by Crippen LogP contribution is 2.29. The van der Waals surface area contributed by atoms with Gasteiger partial charge in [0.1, 0.15) is 5.82 Å². The van der Waals surface area contributed by atoms with Crippen LogP contribution in [0.3, 0.4) is 0 Å². The number of carbonyl (C=O) groups is 1. The predicted octanol–water partition coefficient (Wildman–Crippen LogP) is 4.42. The van der Waals surface area contributed by atoms with Gasteiger partial charge in [0.05, 0.1) is 17.6 Å². The van der Waals surface area contributed by atoms with Crippen LogP contribution in [-0.2, 0) is 17.9 Å². The van der Waals surface area contributed by atoms with Gasteiger partial charge in [-0.3, -0.25) is 4.79 Å². The fourth-order valence-electron chi connectivity index (χ4n) is 3.22. The zero-order chi connectivity index (χ0) is 16.8. The first-order chi connectivity index (χ1) is 11.8. The third kappa shape index (κ3) is 4.37. The molecule has 0 radical (unpaired) electrons. The number of aryl methyl sites for hydroxylation is 1. The molecule has 2 aromatic rings. The number of benzene rings is 1. The average molecular weight is 327 g/mol. The van der Waals surface area contributed by atoms with Gasteiger partial charge in [-0.1, -0.05) is 51.2 Å². The number of aromatic nitrogens is 2. The number of amides is 1. The van der Waals surface area contributed by atoms with Crippen molar-refractivity contribution in [2.24, 2.45) is 5.92 Å². The van der Waals surface area contributed by atoms with Crippen molar-refractivity contribution in [1.82, 2.24) is 14.9 Å². The van der Waals surface area contributed by atoms with Crippen LogP contribution in [0.4, 0.5) is 0 Å². The monoisotopic (exact) mass is 327 g/mol. The molecule has 0 spiro atoms. The number of nitrogens with zero attached hydrogens (tertiary/aromatic N) is 2. The summed E-state index contributed by atoms with van der Waals surface area (Å²) in [4.78, 5) is 16.7. The minimum atomic E-state index is 0.188. The Bertz CT molecular complexity index is 673. The van der Waals surface area contributed by atoms with E-state index in [0.29, 0.717) is 6.54 Å². The first kappa shape index (κ1) is 17.0. The van der Waals surface area contributed by atoms with Crippen molar-refractivity contribution in [2.75, 3.05) is 0 Å². The zero-order valence-electron chi connectivity index (χ0n) is 14.8. The van der Waals surface area contributed by atoms with Crippen LogP contribution >= 0.6 is 0 Å². The molecule has 0 atom stereocenters. The lowest BCUT2D eigenvalue weighted by atomic mass is 10.1. The Balaban J connectivity index is 1.62. The second-order valence-corrected chi connectivity index (χ2v) is 6.93. The molecule has 1 amide bonds. The molecular formula is C20H29N3O. The van der Waals surface area contributed by atoms with Crippen molar-refractivity contribution >= 4 is 16.9 Å². The van der Waals surface area contributed by atoms with E-state index in [1.165, 1.54) is 44.0 Å². The van der Waals surface area contributed by atoms with E-state index >= 15 is 0 Å². The maximum atomic E-state index is 11.9. The van der Waals surface area contributed by atoms with Crippen molar-refractivity contribution in [3.8, 4) is 0 Å². The van der Waals surface area contributed by atoms with Crippen molar-refractivity contribution in [1.29, 1.82) is 0 Å². The van der Waals surface area contributed by atoms with Crippen LogP contribution in [0.1, 0.15) is 64.1 Å². The third-order valence-corrected chi connectivity index (χ3v) is 4.84. The van der Waals surface area contributed by atoms with E-state index in [9.17, 15) is 4.79 Å². The van der Waals surface area contributed by atoms with E-state index in [1.807, 2.05) is 6.07 Å². The molecule has 24 heavy (non-hydrogen) atoms. The SMILES string of the molecule is CCCCCCCCn1c(CNC(=O)C2CC2)nc2ccccc21. The number of fused-ring (bicyclic) bond motifs is 1. The maximum Gasteiger partial charge on any atom is 0.223 e. The summed E-state index contributed by atoms with van der Waals surface area (Å²) in [5.74, 6) is 1.42. The largest absolute Gasteiger partial charge is 0.349 e. The van der Waals surface area contributed by atoms with E-state index in [0.717, 1.165) is 30.7 Å². The molecule has 0 saturated heterocycles. The summed E-state index contributed by atoms with van der Waals surface area (Å²) >= 11 is 0. The molecule has 1 heterocycles. The molecule has 3 rings (SSSR count). The van der Waals surface area contributed by atoms with Crippen LogP contribution in [-0.4, -0.2) is 15.5 Å². The number of imidazole rings is 1. The molecule has 130 valence electrons. The highest BCUT2D eigenvalue weighted by atomic mass is 16.2. The van der Waals surface area contributed by atoms with Crippen LogP contribution in [0.15, 0.2) is 24.3 Å². The fourth-order valence-corrected chi connectivity index (χ4v) is 3.22. The standard InChI is InChI=1S/C20H29N3O/c1-2-3-4-5-6-9-14-23-18-11-8-7-10-17(18)22-19(23)15-21-20(24)16-12-13-16/h7-8,10-11,16H,2-6,9,12-15H2,1H3,(H,21,24). The molecule has 1 fully saturated rings. The average Bonchev–Trinajstić information content (AvgIpc) is 3.39. The van der Waals surface area contributed by atoms with Crippen LogP contribution < -0.4 is 5.32 Å². The zero-order valence-corrected chi connectivity index (χ0v) is 14.8. The van der Waals surface area contributed by atoms with Gasteiger partial charge in [0.2, 0.25) is 5.91 Å². The van der Waals surface area contributed by atoms with E-state index in [2.05, 4.69) is 35.0 Å². The topological polar surface area (TPSA) is 46.9 Å². The molecule has 1 aromatic heterocycles. The lowest BCUT2D eigenvalue weighted by Gasteiger charge is -2.10. The van der Waals surface area contributed by atoms with Gasteiger partial charge in [0.25, 0.3) is 0 Å². The quantitative estimate of drug-likeness (QED) is 0.657. The summed E-state index contributed by atoms with van der Waals surface area (Å²) in [6.45, 7) is 3.78. The van der Waals surface area contributed by atoms with Crippen molar-refractivity contribution in [3.05, 3.63) is 30.1 Å². The molecule has 0 unspecified atom stereocenters. The summed E-state index contributed by atoms with van der Waals surface area (Å²) < 4.78 is 2.29. The molecule has 4 heteroatoms. The first-order valence-corrected chi connectivity index (χ1v) is 9.51. The van der Waals surface area contributed by atoms with Gasteiger partial charge in [0, 0.05) is 12.5 Å². The number of para-hydroxylation sites is 2. The maximum absolute atomic E-state index is 11.9. The minimum absolute atomic E-state index is 0.188. The summed E-state index contributed by atoms with van der Waals surface area (Å²) in [6, 6.07) is 8.27.